The van der Waals surface area contributed by atoms with Crippen LogP contribution in [0.25, 0.3) is 0 Å². The van der Waals surface area contributed by atoms with E-state index < -0.39 is 12.0 Å². The summed E-state index contributed by atoms with van der Waals surface area (Å²) in [6, 6.07) is 4.97. The van der Waals surface area contributed by atoms with Gasteiger partial charge in [-0.1, -0.05) is 23.8 Å². The van der Waals surface area contributed by atoms with Crippen molar-refractivity contribution >= 4 is 11.9 Å². The predicted molar refractivity (Wildman–Crippen MR) is 89.5 cm³/mol. The number of carboxylic acid groups (broad SMARTS) is 1. The summed E-state index contributed by atoms with van der Waals surface area (Å²) in [7, 11) is 0. The summed E-state index contributed by atoms with van der Waals surface area (Å²) in [5.74, 6) is -1.33. The van der Waals surface area contributed by atoms with Crippen molar-refractivity contribution < 1.29 is 19.4 Å². The number of aryl methyl sites for hydroxylation is 2. The molecule has 5 nitrogen and oxygen atoms in total. The molecule has 0 saturated carbocycles. The van der Waals surface area contributed by atoms with E-state index in [1.54, 1.807) is 0 Å². The number of carbonyl (C=O) groups excluding carboxylic acids is 1. The Balaban J connectivity index is 2.60. The Bertz CT molecular complexity index is 561. The summed E-state index contributed by atoms with van der Waals surface area (Å²) >= 11 is 0. The van der Waals surface area contributed by atoms with Crippen molar-refractivity contribution in [3.8, 4) is 0 Å². The molecule has 0 aliphatic carbocycles. The van der Waals surface area contributed by atoms with Crippen LogP contribution in [0.5, 0.6) is 0 Å². The van der Waals surface area contributed by atoms with Crippen molar-refractivity contribution in [3.05, 3.63) is 34.9 Å². The largest absolute Gasteiger partial charge is 0.480 e. The van der Waals surface area contributed by atoms with E-state index in [1.165, 1.54) is 0 Å². The lowest BCUT2D eigenvalue weighted by Crippen LogP contribution is -2.42. The zero-order valence-corrected chi connectivity index (χ0v) is 14.6. The fourth-order valence-electron chi connectivity index (χ4n) is 2.15. The first-order chi connectivity index (χ1) is 10.6. The molecule has 1 atom stereocenters. The summed E-state index contributed by atoms with van der Waals surface area (Å²) in [4.78, 5) is 23.4. The van der Waals surface area contributed by atoms with Crippen LogP contribution in [0, 0.1) is 13.8 Å². The lowest BCUT2D eigenvalue weighted by molar-refractivity contribution is -0.142. The number of carboxylic acids is 1. The summed E-state index contributed by atoms with van der Waals surface area (Å²) in [6.07, 6.45) is 0.419. The summed E-state index contributed by atoms with van der Waals surface area (Å²) in [5.41, 5.74) is 2.68. The molecule has 1 unspecified atom stereocenters. The highest BCUT2D eigenvalue weighted by Gasteiger charge is 2.21. The van der Waals surface area contributed by atoms with E-state index in [1.807, 2.05) is 52.8 Å². The molecule has 0 spiro atoms. The second kappa shape index (κ2) is 8.11. The van der Waals surface area contributed by atoms with Gasteiger partial charge in [0.15, 0.2) is 0 Å². The van der Waals surface area contributed by atoms with Crippen LogP contribution in [0.15, 0.2) is 18.2 Å². The van der Waals surface area contributed by atoms with Crippen LogP contribution in [0.3, 0.4) is 0 Å². The zero-order valence-electron chi connectivity index (χ0n) is 14.6. The molecular formula is C18H27NO4. The first-order valence-electron chi connectivity index (χ1n) is 7.81. The molecule has 0 aromatic heterocycles. The van der Waals surface area contributed by atoms with Gasteiger partial charge in [0.25, 0.3) is 0 Å². The van der Waals surface area contributed by atoms with Gasteiger partial charge < -0.3 is 15.2 Å². The van der Waals surface area contributed by atoms with E-state index in [-0.39, 0.29) is 31.0 Å². The lowest BCUT2D eigenvalue weighted by Gasteiger charge is -2.21. The maximum absolute atomic E-state index is 12.1. The SMILES string of the molecule is Cc1ccc(C)c(CC(=O)NC(CCOC(C)(C)C)C(=O)O)c1. The van der Waals surface area contributed by atoms with Crippen LogP contribution >= 0.6 is 0 Å². The molecule has 0 bridgehead atoms. The van der Waals surface area contributed by atoms with Crippen molar-refractivity contribution in [1.29, 1.82) is 0 Å². The average Bonchev–Trinajstić information content (AvgIpc) is 2.40. The van der Waals surface area contributed by atoms with Gasteiger partial charge in [0, 0.05) is 13.0 Å². The molecule has 0 heterocycles. The first kappa shape index (κ1) is 19.2. The van der Waals surface area contributed by atoms with Gasteiger partial charge in [0.2, 0.25) is 5.91 Å². The van der Waals surface area contributed by atoms with Gasteiger partial charge in [0.05, 0.1) is 12.0 Å². The Hall–Kier alpha value is -1.88. The smallest absolute Gasteiger partial charge is 0.326 e. The maximum atomic E-state index is 12.1. The zero-order chi connectivity index (χ0) is 17.6. The van der Waals surface area contributed by atoms with E-state index in [0.29, 0.717) is 0 Å². The van der Waals surface area contributed by atoms with Gasteiger partial charge in [-0.25, -0.2) is 4.79 Å². The van der Waals surface area contributed by atoms with E-state index in [0.717, 1.165) is 16.7 Å². The highest BCUT2D eigenvalue weighted by atomic mass is 16.5. The molecule has 2 N–H and O–H groups in total. The quantitative estimate of drug-likeness (QED) is 0.809. The molecule has 0 radical (unpaired) electrons. The number of hydrogen-bond acceptors (Lipinski definition) is 3. The third-order valence-corrected chi connectivity index (χ3v) is 3.43. The normalized spacial score (nSPS) is 12.7. The van der Waals surface area contributed by atoms with E-state index >= 15 is 0 Å². The number of rotatable bonds is 7. The van der Waals surface area contributed by atoms with E-state index in [4.69, 9.17) is 4.74 Å². The number of benzene rings is 1. The Morgan fingerprint density at radius 3 is 2.48 bits per heavy atom. The number of nitrogens with one attached hydrogen (secondary N) is 1. The first-order valence-corrected chi connectivity index (χ1v) is 7.81. The number of amides is 1. The van der Waals surface area contributed by atoms with Crippen molar-refractivity contribution in [3.63, 3.8) is 0 Å². The Kier molecular flexibility index (Phi) is 6.76. The van der Waals surface area contributed by atoms with Crippen molar-refractivity contribution in [2.45, 2.75) is 59.1 Å². The van der Waals surface area contributed by atoms with Crippen LogP contribution in [0.4, 0.5) is 0 Å². The van der Waals surface area contributed by atoms with Gasteiger partial charge in [-0.15, -0.1) is 0 Å². The highest BCUT2D eigenvalue weighted by molar-refractivity contribution is 5.85. The highest BCUT2D eigenvalue weighted by Crippen LogP contribution is 2.12. The maximum Gasteiger partial charge on any atom is 0.326 e. The molecule has 5 heteroatoms. The van der Waals surface area contributed by atoms with Gasteiger partial charge in [-0.2, -0.15) is 0 Å². The lowest BCUT2D eigenvalue weighted by atomic mass is 10.0. The van der Waals surface area contributed by atoms with Gasteiger partial charge in [-0.3, -0.25) is 4.79 Å². The molecule has 0 aliphatic heterocycles. The molecule has 0 fully saturated rings. The minimum atomic E-state index is -1.04. The number of carbonyl (C=O) groups is 2. The number of aliphatic carboxylic acids is 1. The summed E-state index contributed by atoms with van der Waals surface area (Å²) in [5, 5.41) is 11.8. The van der Waals surface area contributed by atoms with Gasteiger partial charge in [-0.05, 0) is 45.7 Å². The molecule has 23 heavy (non-hydrogen) atoms. The summed E-state index contributed by atoms with van der Waals surface area (Å²) < 4.78 is 5.53. The molecule has 0 aliphatic rings. The molecule has 1 amide bonds. The Morgan fingerprint density at radius 2 is 1.91 bits per heavy atom. The molecule has 128 valence electrons. The van der Waals surface area contributed by atoms with Gasteiger partial charge in [0.1, 0.15) is 6.04 Å². The second-order valence-corrected chi connectivity index (χ2v) is 6.81. The fraction of sp³-hybridized carbons (Fsp3) is 0.556. The monoisotopic (exact) mass is 321 g/mol. The minimum absolute atomic E-state index is 0.178. The van der Waals surface area contributed by atoms with Crippen LogP contribution in [-0.2, 0) is 20.7 Å². The molecular weight excluding hydrogens is 294 g/mol. The predicted octanol–water partition coefficient (Wildman–Crippen LogP) is 2.62. The fourth-order valence-corrected chi connectivity index (χ4v) is 2.15. The van der Waals surface area contributed by atoms with Crippen LogP contribution in [0.1, 0.15) is 43.9 Å². The Morgan fingerprint density at radius 1 is 1.26 bits per heavy atom. The average molecular weight is 321 g/mol. The third-order valence-electron chi connectivity index (χ3n) is 3.43. The molecule has 0 saturated heterocycles. The third kappa shape index (κ3) is 7.28. The summed E-state index contributed by atoms with van der Waals surface area (Å²) in [6.45, 7) is 9.90. The van der Waals surface area contributed by atoms with Crippen molar-refractivity contribution in [2.75, 3.05) is 6.61 Å². The van der Waals surface area contributed by atoms with Crippen molar-refractivity contribution in [1.82, 2.24) is 5.32 Å². The number of ether oxygens (including phenoxy) is 1. The van der Waals surface area contributed by atoms with Gasteiger partial charge >= 0.3 is 5.97 Å². The van der Waals surface area contributed by atoms with Crippen LogP contribution in [0.2, 0.25) is 0 Å². The van der Waals surface area contributed by atoms with E-state index in [9.17, 15) is 14.7 Å². The van der Waals surface area contributed by atoms with Crippen molar-refractivity contribution in [2.24, 2.45) is 0 Å². The topological polar surface area (TPSA) is 75.6 Å². The van der Waals surface area contributed by atoms with E-state index in [2.05, 4.69) is 5.32 Å². The second-order valence-electron chi connectivity index (χ2n) is 6.81. The minimum Gasteiger partial charge on any atom is -0.480 e. The Labute approximate surface area is 138 Å². The molecule has 1 aromatic rings. The molecule has 1 rings (SSSR count). The van der Waals surface area contributed by atoms with Crippen LogP contribution in [-0.4, -0.2) is 35.2 Å². The molecule has 1 aromatic carbocycles. The van der Waals surface area contributed by atoms with Crippen LogP contribution < -0.4 is 5.32 Å². The standard InChI is InChI=1S/C18H27NO4/c1-12-6-7-13(2)14(10-12)11-16(20)19-15(17(21)22)8-9-23-18(3,4)5/h6-7,10,15H,8-9,11H2,1-5H3,(H,19,20)(H,21,22). The number of hydrogen-bond donors (Lipinski definition) is 2.